The fraction of sp³-hybridized carbons (Fsp3) is 0.400. The number of nitrogen functional groups attached to an aromatic ring is 1. The molecule has 2 aromatic rings. The minimum Gasteiger partial charge on any atom is -0.398 e. The first kappa shape index (κ1) is 12.2. The Morgan fingerprint density at radius 3 is 2.95 bits per heavy atom. The van der Waals surface area contributed by atoms with E-state index in [9.17, 15) is 0 Å². The van der Waals surface area contributed by atoms with Crippen LogP contribution in [0.25, 0.3) is 10.8 Å². The van der Waals surface area contributed by atoms with E-state index >= 15 is 0 Å². The van der Waals surface area contributed by atoms with E-state index in [1.165, 1.54) is 0 Å². The first-order valence-corrected chi connectivity index (χ1v) is 6.69. The molecule has 1 saturated carbocycles. The number of methoxy groups -OCH3 is 1. The van der Waals surface area contributed by atoms with E-state index in [4.69, 9.17) is 10.5 Å². The number of fused-ring (bicyclic) bond motifs is 1. The Kier molecular flexibility index (Phi) is 3.25. The summed E-state index contributed by atoms with van der Waals surface area (Å²) in [6.07, 6.45) is 7.35. The molecular formula is C15H19N3O. The lowest BCUT2D eigenvalue weighted by molar-refractivity contribution is 0.108. The number of ether oxygens (including phenoxy) is 1. The summed E-state index contributed by atoms with van der Waals surface area (Å²) < 4.78 is 5.42. The van der Waals surface area contributed by atoms with Crippen molar-refractivity contribution in [2.75, 3.05) is 18.2 Å². The molecule has 0 amide bonds. The highest BCUT2D eigenvalue weighted by Crippen LogP contribution is 2.31. The number of anilines is 2. The highest BCUT2D eigenvalue weighted by atomic mass is 16.5. The number of hydrogen-bond acceptors (Lipinski definition) is 4. The van der Waals surface area contributed by atoms with Crippen molar-refractivity contribution in [2.45, 2.75) is 31.4 Å². The standard InChI is InChI=1S/C15H19N3O/c1-19-11-3-2-10(8-11)18-15-5-4-14(16)13-9-17-7-6-12(13)15/h4-7,9-11,18H,2-3,8,16H2,1H3. The molecular weight excluding hydrogens is 238 g/mol. The molecule has 19 heavy (non-hydrogen) atoms. The third-order valence-corrected chi connectivity index (χ3v) is 3.93. The topological polar surface area (TPSA) is 60.2 Å². The SMILES string of the molecule is COC1CCC(Nc2ccc(N)c3cnccc23)C1. The monoisotopic (exact) mass is 257 g/mol. The van der Waals surface area contributed by atoms with Gasteiger partial charge in [-0.1, -0.05) is 0 Å². The second kappa shape index (κ2) is 5.05. The molecule has 4 nitrogen and oxygen atoms in total. The number of benzene rings is 1. The van der Waals surface area contributed by atoms with Crippen LogP contribution in [0, 0.1) is 0 Å². The molecule has 1 aromatic carbocycles. The average molecular weight is 257 g/mol. The Morgan fingerprint density at radius 2 is 2.16 bits per heavy atom. The van der Waals surface area contributed by atoms with E-state index in [1.807, 2.05) is 18.3 Å². The predicted molar refractivity (Wildman–Crippen MR) is 78.2 cm³/mol. The number of pyridine rings is 1. The van der Waals surface area contributed by atoms with Gasteiger partial charge < -0.3 is 15.8 Å². The molecule has 1 heterocycles. The van der Waals surface area contributed by atoms with Crippen molar-refractivity contribution in [3.63, 3.8) is 0 Å². The van der Waals surface area contributed by atoms with E-state index in [0.29, 0.717) is 12.1 Å². The van der Waals surface area contributed by atoms with Crippen LogP contribution in [0.3, 0.4) is 0 Å². The molecule has 0 saturated heterocycles. The van der Waals surface area contributed by atoms with Gasteiger partial charge in [-0.2, -0.15) is 0 Å². The van der Waals surface area contributed by atoms with Crippen LogP contribution in [0.2, 0.25) is 0 Å². The average Bonchev–Trinajstić information content (AvgIpc) is 2.90. The highest BCUT2D eigenvalue weighted by molar-refractivity contribution is 6.00. The number of nitrogens with zero attached hydrogens (tertiary/aromatic N) is 1. The highest BCUT2D eigenvalue weighted by Gasteiger charge is 2.24. The van der Waals surface area contributed by atoms with Crippen molar-refractivity contribution in [1.29, 1.82) is 0 Å². The minimum absolute atomic E-state index is 0.388. The number of aromatic nitrogens is 1. The van der Waals surface area contributed by atoms with Gasteiger partial charge in [-0.05, 0) is 37.5 Å². The lowest BCUT2D eigenvalue weighted by atomic mass is 10.1. The van der Waals surface area contributed by atoms with E-state index < -0.39 is 0 Å². The summed E-state index contributed by atoms with van der Waals surface area (Å²) in [6.45, 7) is 0. The van der Waals surface area contributed by atoms with Crippen LogP contribution in [0.4, 0.5) is 11.4 Å². The van der Waals surface area contributed by atoms with Gasteiger partial charge in [0, 0.05) is 47.7 Å². The van der Waals surface area contributed by atoms with Crippen LogP contribution in [0.15, 0.2) is 30.6 Å². The first-order chi connectivity index (χ1) is 9.28. The smallest absolute Gasteiger partial charge is 0.0591 e. The Bertz CT molecular complexity index is 585. The maximum atomic E-state index is 5.99. The normalized spacial score (nSPS) is 22.8. The lowest BCUT2D eigenvalue weighted by Gasteiger charge is -2.16. The van der Waals surface area contributed by atoms with E-state index in [0.717, 1.165) is 41.4 Å². The summed E-state index contributed by atoms with van der Waals surface area (Å²) in [7, 11) is 1.79. The van der Waals surface area contributed by atoms with Crippen LogP contribution in [0.5, 0.6) is 0 Å². The summed E-state index contributed by atoms with van der Waals surface area (Å²) in [5, 5.41) is 5.76. The predicted octanol–water partition coefficient (Wildman–Crippen LogP) is 2.80. The lowest BCUT2D eigenvalue weighted by Crippen LogP contribution is -2.17. The van der Waals surface area contributed by atoms with Crippen molar-refractivity contribution in [3.05, 3.63) is 30.6 Å². The van der Waals surface area contributed by atoms with Crippen LogP contribution in [-0.4, -0.2) is 24.2 Å². The third-order valence-electron chi connectivity index (χ3n) is 3.93. The van der Waals surface area contributed by atoms with Crippen LogP contribution >= 0.6 is 0 Å². The molecule has 0 aliphatic heterocycles. The number of nitrogens with two attached hydrogens (primary N) is 1. The summed E-state index contributed by atoms with van der Waals surface area (Å²) in [4.78, 5) is 4.14. The fourth-order valence-corrected chi connectivity index (χ4v) is 2.84. The molecule has 1 aliphatic carbocycles. The maximum Gasteiger partial charge on any atom is 0.0591 e. The second-order valence-corrected chi connectivity index (χ2v) is 5.14. The molecule has 4 heteroatoms. The summed E-state index contributed by atoms with van der Waals surface area (Å²) in [6, 6.07) is 6.48. The van der Waals surface area contributed by atoms with E-state index in [1.54, 1.807) is 13.3 Å². The minimum atomic E-state index is 0.388. The summed E-state index contributed by atoms with van der Waals surface area (Å²) in [5.41, 5.74) is 7.89. The van der Waals surface area contributed by atoms with Gasteiger partial charge in [0.15, 0.2) is 0 Å². The second-order valence-electron chi connectivity index (χ2n) is 5.14. The molecule has 3 N–H and O–H groups in total. The molecule has 0 spiro atoms. The van der Waals surface area contributed by atoms with Gasteiger partial charge >= 0.3 is 0 Å². The maximum absolute atomic E-state index is 5.99. The number of rotatable bonds is 3. The summed E-state index contributed by atoms with van der Waals surface area (Å²) in [5.74, 6) is 0. The quantitative estimate of drug-likeness (QED) is 0.830. The molecule has 100 valence electrons. The van der Waals surface area contributed by atoms with Crippen LogP contribution < -0.4 is 11.1 Å². The van der Waals surface area contributed by atoms with E-state index in [-0.39, 0.29) is 0 Å². The largest absolute Gasteiger partial charge is 0.398 e. The van der Waals surface area contributed by atoms with Crippen molar-refractivity contribution >= 4 is 22.1 Å². The zero-order valence-electron chi connectivity index (χ0n) is 11.1. The molecule has 1 aromatic heterocycles. The molecule has 3 rings (SSSR count). The Morgan fingerprint density at radius 1 is 1.26 bits per heavy atom. The molecule has 0 radical (unpaired) electrons. The van der Waals surface area contributed by atoms with E-state index in [2.05, 4.69) is 16.4 Å². The number of nitrogens with one attached hydrogen (secondary N) is 1. The van der Waals surface area contributed by atoms with Crippen LogP contribution in [0.1, 0.15) is 19.3 Å². The fourth-order valence-electron chi connectivity index (χ4n) is 2.84. The molecule has 2 atom stereocenters. The summed E-state index contributed by atoms with van der Waals surface area (Å²) >= 11 is 0. The molecule has 1 aliphatic rings. The Labute approximate surface area is 113 Å². The van der Waals surface area contributed by atoms with Crippen molar-refractivity contribution < 1.29 is 4.74 Å². The van der Waals surface area contributed by atoms with Gasteiger partial charge in [0.1, 0.15) is 0 Å². The van der Waals surface area contributed by atoms with Gasteiger partial charge in [-0.3, -0.25) is 4.98 Å². The zero-order chi connectivity index (χ0) is 13.2. The first-order valence-electron chi connectivity index (χ1n) is 6.69. The van der Waals surface area contributed by atoms with Gasteiger partial charge in [0.2, 0.25) is 0 Å². The van der Waals surface area contributed by atoms with Crippen molar-refractivity contribution in [2.24, 2.45) is 0 Å². The Balaban J connectivity index is 1.87. The zero-order valence-corrected chi connectivity index (χ0v) is 11.1. The molecule has 1 fully saturated rings. The molecule has 2 unspecified atom stereocenters. The Hall–Kier alpha value is -1.81. The van der Waals surface area contributed by atoms with Gasteiger partial charge in [0.25, 0.3) is 0 Å². The van der Waals surface area contributed by atoms with Gasteiger partial charge in [-0.15, -0.1) is 0 Å². The molecule has 0 bridgehead atoms. The van der Waals surface area contributed by atoms with Crippen molar-refractivity contribution in [1.82, 2.24) is 4.98 Å². The van der Waals surface area contributed by atoms with Crippen LogP contribution in [-0.2, 0) is 4.74 Å². The van der Waals surface area contributed by atoms with Gasteiger partial charge in [-0.25, -0.2) is 0 Å². The van der Waals surface area contributed by atoms with Crippen molar-refractivity contribution in [3.8, 4) is 0 Å². The number of hydrogen-bond donors (Lipinski definition) is 2. The van der Waals surface area contributed by atoms with Gasteiger partial charge in [0.05, 0.1) is 6.10 Å². The third kappa shape index (κ3) is 2.36.